The molecule has 26 valence electrons. The van der Waals surface area contributed by atoms with Gasteiger partial charge in [0.25, 0.3) is 0 Å². The average molecular weight is 187 g/mol. The molecular weight excluding hydrogens is 185 g/mol. The van der Waals surface area contributed by atoms with E-state index in [-0.39, 0.29) is 0 Å². The molecule has 0 unspecified atom stereocenters. The fourth-order valence-corrected chi connectivity index (χ4v) is 0.546. The van der Waals surface area contributed by atoms with Gasteiger partial charge in [0.1, 0.15) is 0 Å². The molecule has 1 rings (SSSR count). The van der Waals surface area contributed by atoms with Gasteiger partial charge in [-0.2, -0.15) is 0 Å². The van der Waals surface area contributed by atoms with Crippen LogP contribution in [-0.4, -0.2) is 35.8 Å². The van der Waals surface area contributed by atoms with Crippen LogP contribution in [0.15, 0.2) is 12.7 Å². The summed E-state index contributed by atoms with van der Waals surface area (Å²) in [6, 6.07) is 0. The van der Waals surface area contributed by atoms with E-state index in [0.717, 1.165) is 0 Å². The van der Waals surface area contributed by atoms with E-state index in [0.29, 0.717) is 0 Å². The summed E-state index contributed by atoms with van der Waals surface area (Å²) in [4.78, 5) is 3.70. The quantitative estimate of drug-likeness (QED) is 0.498. The zero-order valence-corrected chi connectivity index (χ0v) is 5.85. The fraction of sp³-hybridized carbons (Fsp3) is 0. The van der Waals surface area contributed by atoms with Crippen molar-refractivity contribution >= 4 is 22.8 Å². The molecule has 1 aromatic rings. The van der Waals surface area contributed by atoms with Gasteiger partial charge < -0.3 is 0 Å². The van der Waals surface area contributed by atoms with E-state index in [4.69, 9.17) is 0 Å². The number of aromatic nitrogens is 3. The molecule has 0 fully saturated rings. The molecule has 0 bridgehead atoms. The van der Waals surface area contributed by atoms with Gasteiger partial charge in [0.05, 0.1) is 0 Å². The summed E-state index contributed by atoms with van der Waals surface area (Å²) >= 11 is 1.25. The van der Waals surface area contributed by atoms with Crippen LogP contribution in [0.2, 0.25) is 0 Å². The molecule has 1 aromatic heterocycles. The standard InChI is InChI=1S/C2H2N3.Sn/c1-3-2-5-4-1;/h1-2H;/q-1;+4. The molecule has 0 amide bonds. The molecule has 0 atom stereocenters. The first kappa shape index (κ1) is 4.11. The van der Waals surface area contributed by atoms with Gasteiger partial charge in [-0.15, -0.1) is 0 Å². The Balaban J connectivity index is 3.05. The second kappa shape index (κ2) is 1.59. The van der Waals surface area contributed by atoms with Gasteiger partial charge in [-0.25, -0.2) is 0 Å². The molecule has 0 radical (unpaired) electrons. The van der Waals surface area contributed by atoms with Crippen molar-refractivity contribution in [2.24, 2.45) is 0 Å². The Hall–Kier alpha value is -0.0613. The summed E-state index contributed by atoms with van der Waals surface area (Å²) in [7, 11) is 0. The van der Waals surface area contributed by atoms with Crippen LogP contribution >= 0.6 is 0 Å². The molecule has 0 aliphatic heterocycles. The van der Waals surface area contributed by atoms with Crippen LogP contribution in [0.1, 0.15) is 0 Å². The van der Waals surface area contributed by atoms with E-state index in [2.05, 4.69) is 10.1 Å². The zero-order valence-electron chi connectivity index (χ0n) is 3.00. The third kappa shape index (κ3) is 0.706. The Morgan fingerprint density at radius 3 is 2.67 bits per heavy atom. The van der Waals surface area contributed by atoms with E-state index >= 15 is 0 Å². The van der Waals surface area contributed by atoms with E-state index < -0.39 is 0 Å². The van der Waals surface area contributed by atoms with E-state index in [1.807, 2.05) is 0 Å². The first-order valence-electron chi connectivity index (χ1n) is 1.46. The SMILES string of the molecule is [Sn+3][n]1cncn1. The van der Waals surface area contributed by atoms with Crippen LogP contribution in [0.5, 0.6) is 0 Å². The molecule has 6 heavy (non-hydrogen) atoms. The molecule has 0 aliphatic carbocycles. The number of rotatable bonds is 0. The summed E-state index contributed by atoms with van der Waals surface area (Å²) in [5.74, 6) is 0. The number of hydrogen-bond acceptors (Lipinski definition) is 2. The number of hydrogen-bond donors (Lipinski definition) is 0. The molecule has 1 heterocycles. The molecule has 0 N–H and O–H groups in total. The van der Waals surface area contributed by atoms with Gasteiger partial charge in [0.15, 0.2) is 0 Å². The normalized spacial score (nSPS) is 9.00. The summed E-state index contributed by atoms with van der Waals surface area (Å²) in [6.45, 7) is 0. The van der Waals surface area contributed by atoms with Gasteiger partial charge in [-0.05, 0) is 0 Å². The van der Waals surface area contributed by atoms with E-state index in [1.165, 1.54) is 29.1 Å². The Morgan fingerprint density at radius 2 is 2.50 bits per heavy atom. The number of nitrogens with zero attached hydrogens (tertiary/aromatic N) is 3. The minimum atomic E-state index is 1.25. The van der Waals surface area contributed by atoms with E-state index in [9.17, 15) is 0 Å². The van der Waals surface area contributed by atoms with Crippen molar-refractivity contribution in [3.63, 3.8) is 0 Å². The summed E-state index contributed by atoms with van der Waals surface area (Å²) in [5.41, 5.74) is 0. The van der Waals surface area contributed by atoms with Crippen molar-refractivity contribution in [3.05, 3.63) is 12.7 Å². The van der Waals surface area contributed by atoms with Gasteiger partial charge >= 0.3 is 48.4 Å². The van der Waals surface area contributed by atoms with Crippen molar-refractivity contribution < 1.29 is 0 Å². The maximum absolute atomic E-state index is 3.76. The Bertz CT molecular complexity index is 112. The second-order valence-electron chi connectivity index (χ2n) is 0.840. The third-order valence-electron chi connectivity index (χ3n) is 0.419. The van der Waals surface area contributed by atoms with Crippen LogP contribution in [0.25, 0.3) is 0 Å². The van der Waals surface area contributed by atoms with E-state index in [1.54, 1.807) is 9.23 Å². The van der Waals surface area contributed by atoms with Crippen molar-refractivity contribution in [2.75, 3.05) is 0 Å². The Labute approximate surface area is 48.8 Å². The third-order valence-corrected chi connectivity index (χ3v) is 1.08. The van der Waals surface area contributed by atoms with Crippen LogP contribution in [-0.2, 0) is 0 Å². The molecule has 0 aromatic carbocycles. The van der Waals surface area contributed by atoms with Gasteiger partial charge in [-0.3, -0.25) is 0 Å². The first-order valence-corrected chi connectivity index (χ1v) is 2.73. The molecule has 0 saturated carbocycles. The van der Waals surface area contributed by atoms with Crippen LogP contribution in [0, 0.1) is 0 Å². The first-order chi connectivity index (χ1) is 2.89. The van der Waals surface area contributed by atoms with Gasteiger partial charge in [0.2, 0.25) is 0 Å². The summed E-state index contributed by atoms with van der Waals surface area (Å²) in [6.07, 6.45) is 3.20. The van der Waals surface area contributed by atoms with Crippen LogP contribution in [0.4, 0.5) is 0 Å². The minimum absolute atomic E-state index is 1.25. The van der Waals surface area contributed by atoms with Gasteiger partial charge in [-0.1, -0.05) is 0 Å². The van der Waals surface area contributed by atoms with Crippen molar-refractivity contribution in [2.45, 2.75) is 0 Å². The topological polar surface area (TPSA) is 30.7 Å². The summed E-state index contributed by atoms with van der Waals surface area (Å²) in [5, 5.41) is 3.76. The molecule has 3 nitrogen and oxygen atoms in total. The Morgan fingerprint density at radius 1 is 1.67 bits per heavy atom. The Kier molecular flexibility index (Phi) is 1.09. The monoisotopic (exact) mass is 188 g/mol. The molecular formula is C2H2N3Sn+3. The van der Waals surface area contributed by atoms with Gasteiger partial charge in [0, 0.05) is 0 Å². The average Bonchev–Trinajstić information content (AvgIpc) is 1.86. The van der Waals surface area contributed by atoms with Crippen molar-refractivity contribution in [1.82, 2.24) is 13.0 Å². The zero-order chi connectivity index (χ0) is 4.41. The van der Waals surface area contributed by atoms with Crippen molar-refractivity contribution in [1.29, 1.82) is 0 Å². The molecule has 0 aliphatic rings. The predicted octanol–water partition coefficient (Wildman–Crippen LogP) is -0.790. The van der Waals surface area contributed by atoms with Crippen molar-refractivity contribution in [3.8, 4) is 0 Å². The predicted molar refractivity (Wildman–Crippen MR) is 21.2 cm³/mol. The second-order valence-corrected chi connectivity index (χ2v) is 2.15. The molecule has 4 heteroatoms. The summed E-state index contributed by atoms with van der Waals surface area (Å²) < 4.78 is 1.73. The molecule has 0 spiro atoms. The molecule has 0 saturated heterocycles. The van der Waals surface area contributed by atoms with Crippen LogP contribution < -0.4 is 0 Å². The fourth-order valence-electron chi connectivity index (χ4n) is 0.208. The maximum atomic E-state index is 3.76. The van der Waals surface area contributed by atoms with Crippen LogP contribution in [0.3, 0.4) is 0 Å².